The van der Waals surface area contributed by atoms with E-state index in [4.69, 9.17) is 19.3 Å². The Labute approximate surface area is 188 Å². The summed E-state index contributed by atoms with van der Waals surface area (Å²) in [7, 11) is 1.81. The maximum absolute atomic E-state index is 12.2. The molecule has 1 unspecified atom stereocenters. The number of benzene rings is 1. The number of amides is 2. The van der Waals surface area contributed by atoms with Gasteiger partial charge in [-0.2, -0.15) is 0 Å². The van der Waals surface area contributed by atoms with Crippen LogP contribution in [0.15, 0.2) is 18.2 Å². The van der Waals surface area contributed by atoms with E-state index in [2.05, 4.69) is 10.6 Å². The number of aldehydes is 1. The molecule has 2 rings (SSSR count). The Hall–Kier alpha value is -2.37. The molecular weight excluding hydrogens is 418 g/mol. The third-order valence-corrected chi connectivity index (χ3v) is 5.03. The van der Waals surface area contributed by atoms with Gasteiger partial charge in [0.25, 0.3) is 0 Å². The van der Waals surface area contributed by atoms with Gasteiger partial charge in [0.15, 0.2) is 0 Å². The van der Waals surface area contributed by atoms with E-state index in [1.165, 1.54) is 0 Å². The van der Waals surface area contributed by atoms with E-state index >= 15 is 0 Å². The lowest BCUT2D eigenvalue weighted by Gasteiger charge is -2.30. The summed E-state index contributed by atoms with van der Waals surface area (Å²) in [5.41, 5.74) is 2.14. The maximum atomic E-state index is 12.2. The van der Waals surface area contributed by atoms with Crippen LogP contribution in [0, 0.1) is 0 Å². The fraction of sp³-hybridized carbons (Fsp3) is 0.591. The summed E-state index contributed by atoms with van der Waals surface area (Å²) in [6, 6.07) is 5.01. The van der Waals surface area contributed by atoms with Gasteiger partial charge in [0, 0.05) is 30.8 Å². The second-order valence-electron chi connectivity index (χ2n) is 7.36. The second-order valence-corrected chi connectivity index (χ2v) is 7.36. The van der Waals surface area contributed by atoms with Gasteiger partial charge in [-0.15, -0.1) is 0 Å². The molecule has 1 heterocycles. The molecule has 2 amide bonds. The van der Waals surface area contributed by atoms with Crippen molar-refractivity contribution in [3.63, 3.8) is 0 Å². The number of piperidine rings is 1. The number of likely N-dealkylation sites (N-methyl/N-ethyl adjacent to an activating group) is 1. The zero-order chi connectivity index (χ0) is 23.2. The van der Waals surface area contributed by atoms with Gasteiger partial charge in [-0.1, -0.05) is 12.1 Å². The van der Waals surface area contributed by atoms with Crippen LogP contribution in [0.4, 0.5) is 5.69 Å². The topological polar surface area (TPSA) is 126 Å². The number of rotatable bonds is 16. The van der Waals surface area contributed by atoms with Gasteiger partial charge in [0.05, 0.1) is 52.3 Å². The van der Waals surface area contributed by atoms with Crippen molar-refractivity contribution in [1.82, 2.24) is 10.2 Å². The Bertz CT molecular complexity index is 744. The molecule has 1 atom stereocenters. The van der Waals surface area contributed by atoms with Gasteiger partial charge in [0.2, 0.25) is 11.8 Å². The first-order chi connectivity index (χ1) is 15.6. The molecule has 1 fully saturated rings. The summed E-state index contributed by atoms with van der Waals surface area (Å²) in [6.45, 7) is 3.47. The summed E-state index contributed by atoms with van der Waals surface area (Å²) >= 11 is 0. The number of nitrogens with zero attached hydrogens (tertiary/aromatic N) is 1. The number of anilines is 1. The monoisotopic (exact) mass is 451 g/mol. The standard InChI is InChI=1S/C22H33N3O7/c1-25(20-5-6-21(28)24-22(20)29)15-18-17(16-27)3-2-4-19(18)23-7-9-30-11-13-32-14-12-31-10-8-26/h2-4,16,20,23,26H,5-15H2,1H3,(H,24,28,29). The molecule has 0 saturated carbocycles. The molecule has 10 nitrogen and oxygen atoms in total. The lowest BCUT2D eigenvalue weighted by Crippen LogP contribution is -2.51. The lowest BCUT2D eigenvalue weighted by molar-refractivity contribution is -0.137. The van der Waals surface area contributed by atoms with Crippen LogP contribution in [-0.2, 0) is 30.3 Å². The number of ether oxygens (including phenoxy) is 3. The van der Waals surface area contributed by atoms with Gasteiger partial charge < -0.3 is 24.6 Å². The van der Waals surface area contributed by atoms with Crippen molar-refractivity contribution in [2.45, 2.75) is 25.4 Å². The number of carbonyl (C=O) groups is 3. The molecule has 1 aliphatic heterocycles. The summed E-state index contributed by atoms with van der Waals surface area (Å²) in [5.74, 6) is -0.562. The fourth-order valence-electron chi connectivity index (χ4n) is 3.38. The van der Waals surface area contributed by atoms with Crippen molar-refractivity contribution in [3.05, 3.63) is 29.3 Å². The molecule has 3 N–H and O–H groups in total. The molecule has 0 aliphatic carbocycles. The predicted molar refractivity (Wildman–Crippen MR) is 118 cm³/mol. The van der Waals surface area contributed by atoms with Crippen molar-refractivity contribution >= 4 is 23.8 Å². The summed E-state index contributed by atoms with van der Waals surface area (Å²) < 4.78 is 16.0. The molecule has 0 spiro atoms. The van der Waals surface area contributed by atoms with Gasteiger partial charge in [-0.3, -0.25) is 24.6 Å². The molecule has 0 aromatic heterocycles. The maximum Gasteiger partial charge on any atom is 0.243 e. The van der Waals surface area contributed by atoms with Gasteiger partial charge in [-0.05, 0) is 25.1 Å². The number of carbonyl (C=O) groups excluding carboxylic acids is 3. The number of hydrogen-bond acceptors (Lipinski definition) is 9. The van der Waals surface area contributed by atoms with Gasteiger partial charge in [-0.25, -0.2) is 0 Å². The third-order valence-electron chi connectivity index (χ3n) is 5.03. The first-order valence-electron chi connectivity index (χ1n) is 10.8. The molecule has 0 radical (unpaired) electrons. The largest absolute Gasteiger partial charge is 0.394 e. The van der Waals surface area contributed by atoms with Crippen molar-refractivity contribution in [3.8, 4) is 0 Å². The van der Waals surface area contributed by atoms with Crippen molar-refractivity contribution in [2.24, 2.45) is 0 Å². The number of aliphatic hydroxyl groups excluding tert-OH is 1. The van der Waals surface area contributed by atoms with E-state index in [-0.39, 0.29) is 18.4 Å². The van der Waals surface area contributed by atoms with Crippen molar-refractivity contribution in [1.29, 1.82) is 0 Å². The number of aliphatic hydroxyl groups is 1. The number of hydrogen-bond donors (Lipinski definition) is 3. The molecule has 178 valence electrons. The van der Waals surface area contributed by atoms with Crippen molar-refractivity contribution < 1.29 is 33.7 Å². The Morgan fingerprint density at radius 2 is 1.81 bits per heavy atom. The minimum atomic E-state index is -0.419. The van der Waals surface area contributed by atoms with Crippen LogP contribution in [0.3, 0.4) is 0 Å². The highest BCUT2D eigenvalue weighted by Crippen LogP contribution is 2.23. The van der Waals surface area contributed by atoms with Crippen LogP contribution >= 0.6 is 0 Å². The van der Waals surface area contributed by atoms with E-state index in [1.54, 1.807) is 12.1 Å². The first kappa shape index (κ1) is 25.9. The Kier molecular flexibility index (Phi) is 11.8. The zero-order valence-corrected chi connectivity index (χ0v) is 18.5. The Morgan fingerprint density at radius 3 is 2.47 bits per heavy atom. The molecule has 1 aromatic rings. The number of nitrogens with one attached hydrogen (secondary N) is 2. The van der Waals surface area contributed by atoms with Crippen LogP contribution in [0.5, 0.6) is 0 Å². The molecule has 1 aliphatic rings. The Morgan fingerprint density at radius 1 is 1.12 bits per heavy atom. The SMILES string of the molecule is CN(Cc1c(C=O)cccc1NCCOCCOCCOCCO)C1CCC(=O)NC1=O. The highest BCUT2D eigenvalue weighted by atomic mass is 16.5. The highest BCUT2D eigenvalue weighted by Gasteiger charge is 2.30. The molecule has 10 heteroatoms. The van der Waals surface area contributed by atoms with Crippen LogP contribution < -0.4 is 10.6 Å². The van der Waals surface area contributed by atoms with E-state index < -0.39 is 6.04 Å². The zero-order valence-electron chi connectivity index (χ0n) is 18.5. The molecule has 1 aromatic carbocycles. The molecule has 1 saturated heterocycles. The van der Waals surface area contributed by atoms with Gasteiger partial charge in [0.1, 0.15) is 6.29 Å². The van der Waals surface area contributed by atoms with Crippen LogP contribution in [0.1, 0.15) is 28.8 Å². The average Bonchev–Trinajstić information content (AvgIpc) is 2.78. The first-order valence-corrected chi connectivity index (χ1v) is 10.8. The highest BCUT2D eigenvalue weighted by molar-refractivity contribution is 6.00. The second kappa shape index (κ2) is 14.6. The van der Waals surface area contributed by atoms with Crippen molar-refractivity contribution in [2.75, 3.05) is 65.2 Å². The van der Waals surface area contributed by atoms with Crippen LogP contribution in [0.25, 0.3) is 0 Å². The summed E-state index contributed by atoms with van der Waals surface area (Å²) in [5, 5.41) is 14.3. The van der Waals surface area contributed by atoms with Gasteiger partial charge >= 0.3 is 0 Å². The smallest absolute Gasteiger partial charge is 0.243 e. The molecule has 32 heavy (non-hydrogen) atoms. The minimum Gasteiger partial charge on any atom is -0.394 e. The lowest BCUT2D eigenvalue weighted by atomic mass is 10.0. The third kappa shape index (κ3) is 8.64. The predicted octanol–water partition coefficient (Wildman–Crippen LogP) is 0.190. The molecular formula is C22H33N3O7. The van der Waals surface area contributed by atoms with Crippen LogP contribution in [-0.4, -0.2) is 94.0 Å². The normalized spacial score (nSPS) is 16.3. The number of imide groups is 1. The Balaban J connectivity index is 1.78. The average molecular weight is 452 g/mol. The summed E-state index contributed by atoms with van der Waals surface area (Å²) in [6.07, 6.45) is 1.56. The summed E-state index contributed by atoms with van der Waals surface area (Å²) in [4.78, 5) is 37.0. The van der Waals surface area contributed by atoms with Crippen LogP contribution in [0.2, 0.25) is 0 Å². The van der Waals surface area contributed by atoms with E-state index in [0.717, 1.165) is 17.5 Å². The van der Waals surface area contributed by atoms with E-state index in [1.807, 2.05) is 18.0 Å². The quantitative estimate of drug-likeness (QED) is 0.183. The van der Waals surface area contributed by atoms with E-state index in [0.29, 0.717) is 71.1 Å². The molecule has 0 bridgehead atoms. The minimum absolute atomic E-state index is 0.000784. The van der Waals surface area contributed by atoms with E-state index in [9.17, 15) is 14.4 Å². The fourth-order valence-corrected chi connectivity index (χ4v) is 3.38.